The van der Waals surface area contributed by atoms with Gasteiger partial charge in [-0.15, -0.1) is 0 Å². The average molecular weight is 380 g/mol. The number of aromatic nitrogens is 2. The number of hydrogen-bond acceptors (Lipinski definition) is 4. The first-order valence-electron chi connectivity index (χ1n) is 9.20. The van der Waals surface area contributed by atoms with E-state index in [0.29, 0.717) is 22.4 Å². The van der Waals surface area contributed by atoms with Crippen LogP contribution in [-0.2, 0) is 0 Å². The zero-order valence-corrected chi connectivity index (χ0v) is 15.6. The Morgan fingerprint density at radius 1 is 0.862 bits per heavy atom. The van der Waals surface area contributed by atoms with Gasteiger partial charge in [0.25, 0.3) is 0 Å². The molecule has 3 aromatic carbocycles. The topological polar surface area (TPSA) is 76.2 Å². The molecule has 0 saturated carbocycles. The van der Waals surface area contributed by atoms with Crippen LogP contribution in [0.5, 0.6) is 0 Å². The van der Waals surface area contributed by atoms with E-state index in [1.807, 2.05) is 67.6 Å². The number of carbonyl (C=O) groups is 1. The number of hydrogen-bond donors (Lipinski definition) is 1. The summed E-state index contributed by atoms with van der Waals surface area (Å²) in [5.74, 6) is -0.294. The highest BCUT2D eigenvalue weighted by atomic mass is 16.5. The summed E-state index contributed by atoms with van der Waals surface area (Å²) in [4.78, 5) is 16.5. The van der Waals surface area contributed by atoms with Gasteiger partial charge in [-0.1, -0.05) is 59.3 Å². The van der Waals surface area contributed by atoms with Gasteiger partial charge in [0.05, 0.1) is 22.2 Å². The van der Waals surface area contributed by atoms with E-state index >= 15 is 0 Å². The minimum absolute atomic E-state index is 0.231. The Hall–Kier alpha value is -3.99. The van der Waals surface area contributed by atoms with E-state index in [1.54, 1.807) is 12.1 Å². The smallest absolute Gasteiger partial charge is 0.336 e. The van der Waals surface area contributed by atoms with Gasteiger partial charge in [0.1, 0.15) is 5.52 Å². The lowest BCUT2D eigenvalue weighted by Crippen LogP contribution is -2.00. The third-order valence-corrected chi connectivity index (χ3v) is 5.03. The summed E-state index contributed by atoms with van der Waals surface area (Å²) in [6.07, 6.45) is 0. The van der Waals surface area contributed by atoms with Crippen molar-refractivity contribution in [3.05, 3.63) is 83.9 Å². The van der Waals surface area contributed by atoms with Crippen LogP contribution in [0.25, 0.3) is 44.4 Å². The molecule has 0 spiro atoms. The van der Waals surface area contributed by atoms with Crippen LogP contribution >= 0.6 is 0 Å². The number of carboxylic acids is 1. The van der Waals surface area contributed by atoms with E-state index in [9.17, 15) is 9.90 Å². The Morgan fingerprint density at radius 3 is 2.41 bits per heavy atom. The fraction of sp³-hybridized carbons (Fsp3) is 0.0417. The summed E-state index contributed by atoms with van der Waals surface area (Å²) >= 11 is 0. The van der Waals surface area contributed by atoms with Crippen molar-refractivity contribution in [3.63, 3.8) is 0 Å². The maximum atomic E-state index is 11.8. The SMILES string of the molecule is Cc1ccc(-c2onc3ccc(-c4cc(C(=O)O)c5ccccc5n4)cc23)cc1. The summed E-state index contributed by atoms with van der Waals surface area (Å²) in [5.41, 5.74) is 5.12. The molecule has 0 amide bonds. The van der Waals surface area contributed by atoms with E-state index in [0.717, 1.165) is 22.0 Å². The Bertz CT molecular complexity index is 1380. The fourth-order valence-corrected chi connectivity index (χ4v) is 3.51. The van der Waals surface area contributed by atoms with Gasteiger partial charge >= 0.3 is 5.97 Å². The molecule has 5 rings (SSSR count). The van der Waals surface area contributed by atoms with Crippen molar-refractivity contribution in [2.45, 2.75) is 6.92 Å². The number of carboxylic acid groups (broad SMARTS) is 1. The number of aromatic carboxylic acids is 1. The molecule has 5 heteroatoms. The average Bonchev–Trinajstić information content (AvgIpc) is 3.16. The van der Waals surface area contributed by atoms with Crippen LogP contribution < -0.4 is 0 Å². The summed E-state index contributed by atoms with van der Waals surface area (Å²) in [6, 6.07) is 22.6. The van der Waals surface area contributed by atoms with E-state index in [1.165, 1.54) is 5.56 Å². The van der Waals surface area contributed by atoms with Gasteiger partial charge in [0.2, 0.25) is 0 Å². The Kier molecular flexibility index (Phi) is 3.88. The van der Waals surface area contributed by atoms with Gasteiger partial charge in [-0.05, 0) is 31.2 Å². The second kappa shape index (κ2) is 6.56. The number of fused-ring (bicyclic) bond motifs is 2. The van der Waals surface area contributed by atoms with Gasteiger partial charge in [-0.3, -0.25) is 0 Å². The Labute approximate surface area is 166 Å². The molecule has 0 atom stereocenters. The second-order valence-corrected chi connectivity index (χ2v) is 6.99. The molecule has 140 valence electrons. The largest absolute Gasteiger partial charge is 0.478 e. The summed E-state index contributed by atoms with van der Waals surface area (Å²) in [6.45, 7) is 2.03. The molecule has 1 N–H and O–H groups in total. The molecule has 5 nitrogen and oxygen atoms in total. The van der Waals surface area contributed by atoms with Gasteiger partial charge in [0, 0.05) is 16.5 Å². The normalized spacial score (nSPS) is 11.2. The predicted octanol–water partition coefficient (Wildman–Crippen LogP) is 5.72. The highest BCUT2D eigenvalue weighted by molar-refractivity contribution is 6.04. The van der Waals surface area contributed by atoms with Crippen molar-refractivity contribution in [2.24, 2.45) is 0 Å². The first kappa shape index (κ1) is 17.1. The van der Waals surface area contributed by atoms with Crippen molar-refractivity contribution in [2.75, 3.05) is 0 Å². The second-order valence-electron chi connectivity index (χ2n) is 6.99. The first-order chi connectivity index (χ1) is 14.1. The third kappa shape index (κ3) is 2.93. The van der Waals surface area contributed by atoms with Gasteiger partial charge < -0.3 is 9.63 Å². The van der Waals surface area contributed by atoms with Crippen molar-refractivity contribution in [1.29, 1.82) is 0 Å². The minimum Gasteiger partial charge on any atom is -0.478 e. The molecule has 0 bridgehead atoms. The van der Waals surface area contributed by atoms with Crippen LogP contribution in [0.3, 0.4) is 0 Å². The van der Waals surface area contributed by atoms with E-state index in [-0.39, 0.29) is 5.56 Å². The highest BCUT2D eigenvalue weighted by Gasteiger charge is 2.15. The van der Waals surface area contributed by atoms with Crippen molar-refractivity contribution < 1.29 is 14.4 Å². The van der Waals surface area contributed by atoms with Crippen molar-refractivity contribution in [1.82, 2.24) is 10.1 Å². The molecule has 29 heavy (non-hydrogen) atoms. The Balaban J connectivity index is 1.71. The zero-order chi connectivity index (χ0) is 20.0. The van der Waals surface area contributed by atoms with Crippen molar-refractivity contribution in [3.8, 4) is 22.6 Å². The van der Waals surface area contributed by atoms with Crippen LogP contribution in [0.2, 0.25) is 0 Å². The van der Waals surface area contributed by atoms with Crippen LogP contribution in [0.4, 0.5) is 0 Å². The molecule has 2 aromatic heterocycles. The standard InChI is InChI=1S/C24H16N2O3/c1-14-6-8-15(9-7-14)23-19-12-16(10-11-21(19)26-29-23)22-13-18(24(27)28)17-4-2-3-5-20(17)25-22/h2-13H,1H3,(H,27,28). The highest BCUT2D eigenvalue weighted by Crippen LogP contribution is 2.33. The third-order valence-electron chi connectivity index (χ3n) is 5.03. The lowest BCUT2D eigenvalue weighted by atomic mass is 10.0. The molecule has 0 fully saturated rings. The molecule has 0 aliphatic heterocycles. The molecule has 0 unspecified atom stereocenters. The molecule has 0 radical (unpaired) electrons. The van der Waals surface area contributed by atoms with Gasteiger partial charge in [-0.2, -0.15) is 0 Å². The van der Waals surface area contributed by atoms with Gasteiger partial charge in [0.15, 0.2) is 5.76 Å². The van der Waals surface area contributed by atoms with Gasteiger partial charge in [-0.25, -0.2) is 9.78 Å². The van der Waals surface area contributed by atoms with Crippen molar-refractivity contribution >= 4 is 27.8 Å². The molecule has 2 heterocycles. The first-order valence-corrected chi connectivity index (χ1v) is 9.20. The fourth-order valence-electron chi connectivity index (χ4n) is 3.51. The Morgan fingerprint density at radius 2 is 1.62 bits per heavy atom. The maximum absolute atomic E-state index is 11.8. The summed E-state index contributed by atoms with van der Waals surface area (Å²) in [7, 11) is 0. The number of para-hydroxylation sites is 1. The number of nitrogens with zero attached hydrogens (tertiary/aromatic N) is 2. The lowest BCUT2D eigenvalue weighted by Gasteiger charge is -2.07. The molecule has 5 aromatic rings. The number of rotatable bonds is 3. The molecule has 0 saturated heterocycles. The quantitative estimate of drug-likeness (QED) is 0.433. The zero-order valence-electron chi connectivity index (χ0n) is 15.6. The molecular formula is C24H16N2O3. The number of pyridine rings is 1. The lowest BCUT2D eigenvalue weighted by molar-refractivity contribution is 0.0699. The molecule has 0 aliphatic rings. The van der Waals surface area contributed by atoms with E-state index in [4.69, 9.17) is 4.52 Å². The van der Waals surface area contributed by atoms with E-state index in [2.05, 4.69) is 10.1 Å². The van der Waals surface area contributed by atoms with Crippen LogP contribution in [-0.4, -0.2) is 21.2 Å². The summed E-state index contributed by atoms with van der Waals surface area (Å²) < 4.78 is 5.60. The van der Waals surface area contributed by atoms with Crippen LogP contribution in [0, 0.1) is 6.92 Å². The van der Waals surface area contributed by atoms with Crippen LogP contribution in [0.1, 0.15) is 15.9 Å². The molecule has 0 aliphatic carbocycles. The minimum atomic E-state index is -0.976. The predicted molar refractivity (Wildman–Crippen MR) is 112 cm³/mol. The maximum Gasteiger partial charge on any atom is 0.336 e. The number of aryl methyl sites for hydroxylation is 1. The van der Waals surface area contributed by atoms with Crippen LogP contribution in [0.15, 0.2) is 77.3 Å². The monoisotopic (exact) mass is 380 g/mol. The number of benzene rings is 3. The van der Waals surface area contributed by atoms with E-state index < -0.39 is 5.97 Å². The summed E-state index contributed by atoms with van der Waals surface area (Å²) in [5, 5.41) is 15.3. The molecular weight excluding hydrogens is 364 g/mol.